The number of sulfonamides is 1. The van der Waals surface area contributed by atoms with Gasteiger partial charge in [0.25, 0.3) is 0 Å². The summed E-state index contributed by atoms with van der Waals surface area (Å²) in [5, 5.41) is 7.72. The highest BCUT2D eigenvalue weighted by Gasteiger charge is 2.11. The molecule has 7 heteroatoms. The molecule has 1 aromatic rings. The number of rotatable bonds is 6. The maximum Gasteiger partial charge on any atom is 0.238 e. The summed E-state index contributed by atoms with van der Waals surface area (Å²) in [5.74, 6) is 0.426. The fraction of sp³-hybridized carbons (Fsp3) is 0.417. The van der Waals surface area contributed by atoms with Crippen molar-refractivity contribution < 1.29 is 17.9 Å². The van der Waals surface area contributed by atoms with Crippen molar-refractivity contribution in [1.29, 1.82) is 0 Å². The molecule has 19 heavy (non-hydrogen) atoms. The van der Waals surface area contributed by atoms with E-state index in [0.717, 1.165) is 0 Å². The molecule has 1 amide bonds. The summed E-state index contributed by atoms with van der Waals surface area (Å²) in [7, 11) is -3.71. The highest BCUT2D eigenvalue weighted by molar-refractivity contribution is 7.89. The van der Waals surface area contributed by atoms with Crippen LogP contribution in [-0.4, -0.2) is 27.5 Å². The van der Waals surface area contributed by atoms with Gasteiger partial charge in [-0.15, -0.1) is 0 Å². The van der Waals surface area contributed by atoms with E-state index in [1.54, 1.807) is 13.0 Å². The second-order valence-corrected chi connectivity index (χ2v) is 5.55. The summed E-state index contributed by atoms with van der Waals surface area (Å²) < 4.78 is 27.8. The highest BCUT2D eigenvalue weighted by Crippen LogP contribution is 2.20. The Labute approximate surface area is 113 Å². The second-order valence-electron chi connectivity index (χ2n) is 4.02. The zero-order valence-electron chi connectivity index (χ0n) is 11.0. The number of nitrogens with one attached hydrogen (secondary N) is 1. The highest BCUT2D eigenvalue weighted by atomic mass is 32.2. The minimum absolute atomic E-state index is 0.0728. The first-order chi connectivity index (χ1) is 8.84. The Bertz CT molecular complexity index is 555. The molecule has 0 aliphatic heterocycles. The number of hydrogen-bond donors (Lipinski definition) is 2. The summed E-state index contributed by atoms with van der Waals surface area (Å²) in [6.07, 6.45) is 0.254. The lowest BCUT2D eigenvalue weighted by Gasteiger charge is -2.09. The number of hydrogen-bond acceptors (Lipinski definition) is 4. The topological polar surface area (TPSA) is 98.5 Å². The first kappa shape index (κ1) is 15.5. The predicted octanol–water partition coefficient (Wildman–Crippen LogP) is 0.547. The third-order valence-corrected chi connectivity index (χ3v) is 3.50. The van der Waals surface area contributed by atoms with E-state index in [4.69, 9.17) is 9.88 Å². The number of aryl methyl sites for hydroxylation is 1. The maximum absolute atomic E-state index is 11.2. The molecule has 0 fully saturated rings. The van der Waals surface area contributed by atoms with Gasteiger partial charge in [0, 0.05) is 6.54 Å². The quantitative estimate of drug-likeness (QED) is 0.797. The molecule has 0 saturated carbocycles. The second kappa shape index (κ2) is 6.53. The summed E-state index contributed by atoms with van der Waals surface area (Å²) in [4.78, 5) is 11.3. The van der Waals surface area contributed by atoms with E-state index in [2.05, 4.69) is 5.32 Å². The van der Waals surface area contributed by atoms with Gasteiger partial charge in [-0.1, -0.05) is 0 Å². The van der Waals surface area contributed by atoms with E-state index >= 15 is 0 Å². The van der Waals surface area contributed by atoms with Crippen molar-refractivity contribution in [2.45, 2.75) is 25.2 Å². The molecule has 0 saturated heterocycles. The molecule has 0 atom stereocenters. The van der Waals surface area contributed by atoms with Gasteiger partial charge in [-0.2, -0.15) is 0 Å². The number of nitrogens with two attached hydrogens (primary N) is 1. The zero-order chi connectivity index (χ0) is 14.5. The number of carbonyl (C=O) groups excluding carboxylic acids is 1. The summed E-state index contributed by atoms with van der Waals surface area (Å²) in [6.45, 7) is 4.30. The maximum atomic E-state index is 11.2. The van der Waals surface area contributed by atoms with E-state index in [1.165, 1.54) is 12.1 Å². The van der Waals surface area contributed by atoms with Crippen LogP contribution >= 0.6 is 0 Å². The van der Waals surface area contributed by atoms with Crippen molar-refractivity contribution >= 4 is 15.9 Å². The Morgan fingerprint density at radius 1 is 1.42 bits per heavy atom. The van der Waals surface area contributed by atoms with Crippen LogP contribution in [0.2, 0.25) is 0 Å². The number of amides is 1. The molecule has 6 nitrogen and oxygen atoms in total. The molecule has 0 bridgehead atoms. The number of carbonyl (C=O) groups is 1. The molecular formula is C12H18N2O4S. The number of primary sulfonamides is 1. The van der Waals surface area contributed by atoms with Crippen LogP contribution in [0.3, 0.4) is 0 Å². The van der Waals surface area contributed by atoms with Crippen LogP contribution in [0.5, 0.6) is 5.75 Å². The minimum atomic E-state index is -3.71. The van der Waals surface area contributed by atoms with Crippen molar-refractivity contribution in [1.82, 2.24) is 5.32 Å². The van der Waals surface area contributed by atoms with Gasteiger partial charge in [0.05, 0.1) is 17.9 Å². The molecule has 0 aromatic heterocycles. The van der Waals surface area contributed by atoms with Gasteiger partial charge in [-0.25, -0.2) is 13.6 Å². The standard InChI is InChI=1S/C12H18N2O4S/c1-3-14-12(15)6-7-18-10-4-5-11(9(2)8-10)19(13,16)17/h4-5,8H,3,6-7H2,1-2H3,(H,14,15)(H2,13,16,17). The molecule has 3 N–H and O–H groups in total. The van der Waals surface area contributed by atoms with Gasteiger partial charge in [-0.3, -0.25) is 4.79 Å². The van der Waals surface area contributed by atoms with E-state index in [9.17, 15) is 13.2 Å². The Kier molecular flexibility index (Phi) is 5.31. The number of benzene rings is 1. The van der Waals surface area contributed by atoms with E-state index < -0.39 is 10.0 Å². The lowest BCUT2D eigenvalue weighted by Crippen LogP contribution is -2.24. The van der Waals surface area contributed by atoms with Gasteiger partial charge in [-0.05, 0) is 37.6 Å². The van der Waals surface area contributed by atoms with Crippen LogP contribution in [-0.2, 0) is 14.8 Å². The molecule has 1 aromatic carbocycles. The first-order valence-electron chi connectivity index (χ1n) is 5.87. The lowest BCUT2D eigenvalue weighted by atomic mass is 10.2. The first-order valence-corrected chi connectivity index (χ1v) is 7.42. The Balaban J connectivity index is 2.62. The minimum Gasteiger partial charge on any atom is -0.493 e. The van der Waals surface area contributed by atoms with Crippen molar-refractivity contribution in [3.05, 3.63) is 23.8 Å². The average Bonchev–Trinajstić information content (AvgIpc) is 2.27. The molecule has 0 spiro atoms. The Hall–Kier alpha value is -1.60. The van der Waals surface area contributed by atoms with Crippen LogP contribution in [0.4, 0.5) is 0 Å². The smallest absolute Gasteiger partial charge is 0.238 e. The van der Waals surface area contributed by atoms with Gasteiger partial charge >= 0.3 is 0 Å². The average molecular weight is 286 g/mol. The van der Waals surface area contributed by atoms with Crippen LogP contribution in [0, 0.1) is 6.92 Å². The van der Waals surface area contributed by atoms with Crippen LogP contribution in [0.25, 0.3) is 0 Å². The fourth-order valence-electron chi connectivity index (χ4n) is 1.58. The van der Waals surface area contributed by atoms with Crippen molar-refractivity contribution in [2.24, 2.45) is 5.14 Å². The van der Waals surface area contributed by atoms with Crippen molar-refractivity contribution in [3.8, 4) is 5.75 Å². The third kappa shape index (κ3) is 4.88. The van der Waals surface area contributed by atoms with E-state index in [-0.39, 0.29) is 23.8 Å². The van der Waals surface area contributed by atoms with Crippen molar-refractivity contribution in [2.75, 3.05) is 13.2 Å². The number of ether oxygens (including phenoxy) is 1. The normalized spacial score (nSPS) is 11.1. The monoisotopic (exact) mass is 286 g/mol. The van der Waals surface area contributed by atoms with Gasteiger partial charge in [0.15, 0.2) is 0 Å². The van der Waals surface area contributed by atoms with Gasteiger partial charge in [0.1, 0.15) is 5.75 Å². The largest absolute Gasteiger partial charge is 0.493 e. The van der Waals surface area contributed by atoms with Crippen molar-refractivity contribution in [3.63, 3.8) is 0 Å². The molecule has 0 unspecified atom stereocenters. The third-order valence-electron chi connectivity index (χ3n) is 2.42. The molecule has 0 radical (unpaired) electrons. The van der Waals surface area contributed by atoms with E-state index in [1.807, 2.05) is 6.92 Å². The SMILES string of the molecule is CCNC(=O)CCOc1ccc(S(N)(=O)=O)c(C)c1. The summed E-state index contributed by atoms with van der Waals surface area (Å²) in [6, 6.07) is 4.49. The summed E-state index contributed by atoms with van der Waals surface area (Å²) in [5.41, 5.74) is 0.512. The molecule has 0 heterocycles. The Morgan fingerprint density at radius 3 is 2.63 bits per heavy atom. The lowest BCUT2D eigenvalue weighted by molar-refractivity contribution is -0.121. The molecule has 0 aliphatic rings. The van der Waals surface area contributed by atoms with Crippen LogP contribution in [0.15, 0.2) is 23.1 Å². The fourth-order valence-corrected chi connectivity index (χ4v) is 2.34. The molecule has 1 rings (SSSR count). The molecule has 106 valence electrons. The van der Waals surface area contributed by atoms with E-state index in [0.29, 0.717) is 17.9 Å². The zero-order valence-corrected chi connectivity index (χ0v) is 11.8. The molecular weight excluding hydrogens is 268 g/mol. The molecule has 0 aliphatic carbocycles. The van der Waals surface area contributed by atoms with Crippen LogP contribution < -0.4 is 15.2 Å². The Morgan fingerprint density at radius 2 is 2.11 bits per heavy atom. The van der Waals surface area contributed by atoms with Crippen LogP contribution in [0.1, 0.15) is 18.9 Å². The predicted molar refractivity (Wildman–Crippen MR) is 71.3 cm³/mol. The van der Waals surface area contributed by atoms with Gasteiger partial charge in [0.2, 0.25) is 15.9 Å². The van der Waals surface area contributed by atoms with Gasteiger partial charge < -0.3 is 10.1 Å². The summed E-state index contributed by atoms with van der Waals surface area (Å²) >= 11 is 0.